The Kier molecular flexibility index (Phi) is 7.78. The molecule has 41 heavy (non-hydrogen) atoms. The van der Waals surface area contributed by atoms with E-state index in [2.05, 4.69) is 56.0 Å². The van der Waals surface area contributed by atoms with E-state index >= 15 is 0 Å². The molecule has 0 radical (unpaired) electrons. The Morgan fingerprint density at radius 3 is 2.59 bits per heavy atom. The van der Waals surface area contributed by atoms with Crippen molar-refractivity contribution in [2.24, 2.45) is 0 Å². The number of rotatable bonds is 7. The maximum Gasteiger partial charge on any atom is 0.166 e. The van der Waals surface area contributed by atoms with Crippen LogP contribution >= 0.6 is 34.8 Å². The van der Waals surface area contributed by atoms with E-state index in [1.807, 2.05) is 24.3 Å². The summed E-state index contributed by atoms with van der Waals surface area (Å²) in [6.45, 7) is 0. The maximum atomic E-state index is 15.0. The third-order valence-electron chi connectivity index (χ3n) is 7.42. The lowest BCUT2D eigenvalue weighted by Gasteiger charge is -2.22. The van der Waals surface area contributed by atoms with Crippen molar-refractivity contribution in [3.63, 3.8) is 0 Å². The molecule has 0 saturated heterocycles. The van der Waals surface area contributed by atoms with Crippen LogP contribution in [0.3, 0.4) is 0 Å². The second-order valence-corrected chi connectivity index (χ2v) is 11.2. The fourth-order valence-electron chi connectivity index (χ4n) is 5.34. The molecule has 1 atom stereocenters. The van der Waals surface area contributed by atoms with Crippen LogP contribution in [-0.4, -0.2) is 16.0 Å². The summed E-state index contributed by atoms with van der Waals surface area (Å²) in [5, 5.41) is 19.4. The van der Waals surface area contributed by atoms with Crippen LogP contribution in [0.4, 0.5) is 21.5 Å². The van der Waals surface area contributed by atoms with Crippen LogP contribution in [0.15, 0.2) is 72.7 Å². The Labute approximate surface area is 251 Å². The molecule has 2 aliphatic rings. The monoisotopic (exact) mass is 607 g/mol. The predicted octanol–water partition coefficient (Wildman–Crippen LogP) is 8.21. The van der Waals surface area contributed by atoms with Gasteiger partial charge in [-0.2, -0.15) is 5.26 Å². The van der Waals surface area contributed by atoms with Gasteiger partial charge in [-0.15, -0.1) is 5.53 Å². The Morgan fingerprint density at radius 2 is 1.83 bits per heavy atom. The highest BCUT2D eigenvalue weighted by atomic mass is 35.5. The van der Waals surface area contributed by atoms with Crippen molar-refractivity contribution in [1.29, 1.82) is 5.26 Å². The van der Waals surface area contributed by atoms with Crippen molar-refractivity contribution in [2.75, 3.05) is 10.6 Å². The highest BCUT2D eigenvalue weighted by Gasteiger charge is 2.28. The molecule has 2 heterocycles. The Balaban J connectivity index is 1.41. The first-order valence-electron chi connectivity index (χ1n) is 13.2. The van der Waals surface area contributed by atoms with Gasteiger partial charge in [-0.25, -0.2) is 4.39 Å². The molecule has 0 amide bonds. The number of benzene rings is 3. The first-order chi connectivity index (χ1) is 19.9. The second-order valence-electron chi connectivity index (χ2n) is 10.0. The number of fused-ring (bicyclic) bond motifs is 1. The topological polar surface area (TPSA) is 88.0 Å². The van der Waals surface area contributed by atoms with Gasteiger partial charge in [0, 0.05) is 29.5 Å². The second kappa shape index (κ2) is 11.6. The molecule has 208 valence electrons. The molecule has 4 N–H and O–H groups in total. The summed E-state index contributed by atoms with van der Waals surface area (Å²) in [7, 11) is 0. The number of hydrogen-bond donors (Lipinski definition) is 4. The molecule has 3 aromatic carbocycles. The molecule has 7 nitrogen and oxygen atoms in total. The van der Waals surface area contributed by atoms with Crippen molar-refractivity contribution in [1.82, 2.24) is 21.0 Å². The van der Waals surface area contributed by atoms with E-state index in [1.54, 1.807) is 6.07 Å². The summed E-state index contributed by atoms with van der Waals surface area (Å²) < 4.78 is 15.0. The summed E-state index contributed by atoms with van der Waals surface area (Å²) in [6.07, 6.45) is 8.25. The van der Waals surface area contributed by atoms with Gasteiger partial charge in [0.25, 0.3) is 0 Å². The van der Waals surface area contributed by atoms with E-state index in [0.29, 0.717) is 33.3 Å². The van der Waals surface area contributed by atoms with Gasteiger partial charge in [0.15, 0.2) is 5.82 Å². The Morgan fingerprint density at radius 1 is 1.05 bits per heavy atom. The molecule has 1 saturated carbocycles. The average Bonchev–Trinajstić information content (AvgIpc) is 3.70. The van der Waals surface area contributed by atoms with Crippen molar-refractivity contribution in [3.05, 3.63) is 105 Å². The molecule has 4 aromatic rings. The summed E-state index contributed by atoms with van der Waals surface area (Å²) in [5.74, 6) is -0.726. The normalized spacial score (nSPS) is 15.9. The van der Waals surface area contributed by atoms with E-state index in [4.69, 9.17) is 34.8 Å². The molecule has 0 unspecified atom stereocenters. The van der Waals surface area contributed by atoms with Crippen LogP contribution in [0.5, 0.6) is 0 Å². The van der Waals surface area contributed by atoms with Gasteiger partial charge in [-0.3, -0.25) is 9.99 Å². The Bertz CT molecular complexity index is 1680. The molecule has 6 rings (SSSR count). The van der Waals surface area contributed by atoms with Crippen LogP contribution in [0, 0.1) is 17.1 Å². The number of nitrogens with zero attached hydrogens (tertiary/aromatic N) is 3. The number of anilines is 3. The van der Waals surface area contributed by atoms with E-state index in [9.17, 15) is 9.65 Å². The number of pyridine rings is 1. The SMILES string of the molecule is N#Cc1cnc2c(Cl)cc(N[C@H](C3=CN(C4CCCC4)NN3)c3ccccc3)cc2c1Nc1ccc(Cl)c(Cl)c1F. The first-order valence-corrected chi connectivity index (χ1v) is 14.3. The number of hydrazine groups is 2. The molecule has 0 spiro atoms. The van der Waals surface area contributed by atoms with Crippen LogP contribution in [0.1, 0.15) is 42.9 Å². The third kappa shape index (κ3) is 5.46. The van der Waals surface area contributed by atoms with E-state index in [0.717, 1.165) is 24.1 Å². The summed E-state index contributed by atoms with van der Waals surface area (Å²) in [4.78, 5) is 4.41. The minimum absolute atomic E-state index is 0.0680. The van der Waals surface area contributed by atoms with Crippen molar-refractivity contribution in [2.45, 2.75) is 37.8 Å². The molecular formula is C30H25Cl3FN7. The molecular weight excluding hydrogens is 584 g/mol. The van der Waals surface area contributed by atoms with Gasteiger partial charge in [-0.05, 0) is 42.7 Å². The zero-order chi connectivity index (χ0) is 28.5. The summed E-state index contributed by atoms with van der Waals surface area (Å²) in [6, 6.07) is 19.0. The van der Waals surface area contributed by atoms with Gasteiger partial charge in [0.1, 0.15) is 6.07 Å². The quantitative estimate of drug-likeness (QED) is 0.157. The van der Waals surface area contributed by atoms with Gasteiger partial charge < -0.3 is 16.1 Å². The largest absolute Gasteiger partial charge is 0.373 e. The highest BCUT2D eigenvalue weighted by molar-refractivity contribution is 6.42. The lowest BCUT2D eigenvalue weighted by molar-refractivity contribution is 0.198. The third-order valence-corrected chi connectivity index (χ3v) is 8.49. The number of hydrogen-bond acceptors (Lipinski definition) is 7. The van der Waals surface area contributed by atoms with E-state index in [1.165, 1.54) is 31.2 Å². The van der Waals surface area contributed by atoms with E-state index < -0.39 is 5.82 Å². The van der Waals surface area contributed by atoms with Crippen LogP contribution in [-0.2, 0) is 0 Å². The smallest absolute Gasteiger partial charge is 0.166 e. The molecule has 1 fully saturated rings. The summed E-state index contributed by atoms with van der Waals surface area (Å²) in [5.41, 5.74) is 10.4. The van der Waals surface area contributed by atoms with Crippen LogP contribution in [0.2, 0.25) is 15.1 Å². The predicted molar refractivity (Wildman–Crippen MR) is 162 cm³/mol. The molecule has 11 heteroatoms. The fraction of sp³-hybridized carbons (Fsp3) is 0.200. The van der Waals surface area contributed by atoms with Crippen molar-refractivity contribution >= 4 is 62.8 Å². The first kappa shape index (κ1) is 27.4. The van der Waals surface area contributed by atoms with Gasteiger partial charge in [0.05, 0.1) is 49.3 Å². The maximum absolute atomic E-state index is 15.0. The standard InChI is InChI=1S/C30H25Cl3FN7/c31-22-10-11-24(27(34)26(22)33)38-28-18(14-35)15-36-30-21(28)12-19(13-23(30)32)37-29(17-6-2-1-3-7-17)25-16-41(40-39-25)20-8-4-5-9-20/h1-3,6-7,10-13,15-16,20,29,37,39-40H,4-5,8-9H2,(H,36,38)/t29-/m0/s1. The van der Waals surface area contributed by atoms with Gasteiger partial charge >= 0.3 is 0 Å². The number of halogens is 4. The van der Waals surface area contributed by atoms with Crippen LogP contribution < -0.4 is 21.6 Å². The van der Waals surface area contributed by atoms with Crippen LogP contribution in [0.25, 0.3) is 10.9 Å². The number of nitrogens with one attached hydrogen (secondary N) is 4. The summed E-state index contributed by atoms with van der Waals surface area (Å²) >= 11 is 18.8. The highest BCUT2D eigenvalue weighted by Crippen LogP contribution is 2.39. The number of nitriles is 1. The van der Waals surface area contributed by atoms with E-state index in [-0.39, 0.29) is 27.3 Å². The molecule has 1 aliphatic heterocycles. The van der Waals surface area contributed by atoms with Gasteiger partial charge in [0.2, 0.25) is 0 Å². The van der Waals surface area contributed by atoms with Crippen molar-refractivity contribution in [3.8, 4) is 6.07 Å². The lowest BCUT2D eigenvalue weighted by atomic mass is 10.0. The lowest BCUT2D eigenvalue weighted by Crippen LogP contribution is -2.42. The zero-order valence-corrected chi connectivity index (χ0v) is 24.0. The average molecular weight is 609 g/mol. The Hall–Kier alpha value is -3.74. The van der Waals surface area contributed by atoms with Crippen molar-refractivity contribution < 1.29 is 4.39 Å². The number of aromatic nitrogens is 1. The molecule has 0 bridgehead atoms. The fourth-order valence-corrected chi connectivity index (χ4v) is 5.92. The molecule has 1 aliphatic carbocycles. The van der Waals surface area contributed by atoms with Gasteiger partial charge in [-0.1, -0.05) is 78.0 Å². The minimum atomic E-state index is -0.726. The molecule has 1 aromatic heterocycles. The zero-order valence-electron chi connectivity index (χ0n) is 21.7. The minimum Gasteiger partial charge on any atom is -0.373 e.